The molecule has 2 aromatic carbocycles. The summed E-state index contributed by atoms with van der Waals surface area (Å²) in [5.74, 6) is 1.03. The number of benzene rings is 2. The summed E-state index contributed by atoms with van der Waals surface area (Å²) in [6, 6.07) is 16.8. The summed E-state index contributed by atoms with van der Waals surface area (Å²) in [6.07, 6.45) is 0. The first kappa shape index (κ1) is 26.2. The van der Waals surface area contributed by atoms with Crippen LogP contribution in [0, 0.1) is 20.8 Å². The van der Waals surface area contributed by atoms with E-state index in [-0.39, 0.29) is 5.91 Å². The minimum absolute atomic E-state index is 0.121. The Balaban J connectivity index is 1.42. The number of anilines is 2. The molecular weight excluding hydrogens is 476 g/mol. The van der Waals surface area contributed by atoms with E-state index in [0.29, 0.717) is 26.2 Å². The van der Waals surface area contributed by atoms with Gasteiger partial charge in [-0.3, -0.25) is 4.79 Å². The van der Waals surface area contributed by atoms with Crippen molar-refractivity contribution in [3.8, 4) is 5.75 Å². The van der Waals surface area contributed by atoms with E-state index in [2.05, 4.69) is 65.5 Å². The second-order valence-electron chi connectivity index (χ2n) is 10.3. The zero-order chi connectivity index (χ0) is 26.6. The molecule has 0 spiro atoms. The Kier molecular flexibility index (Phi) is 7.93. The molecule has 0 saturated carbocycles. The van der Waals surface area contributed by atoms with E-state index in [1.54, 1.807) is 0 Å². The first-order valence-corrected chi connectivity index (χ1v) is 13.8. The predicted octanol–water partition coefficient (Wildman–Crippen LogP) is 4.66. The summed E-state index contributed by atoms with van der Waals surface area (Å²) in [7, 11) is 0. The lowest BCUT2D eigenvalue weighted by Crippen LogP contribution is -2.49. The Hall–Kier alpha value is -3.45. The molecular formula is C31H40N4O3. The molecule has 38 heavy (non-hydrogen) atoms. The van der Waals surface area contributed by atoms with Crippen molar-refractivity contribution in [2.24, 2.45) is 0 Å². The van der Waals surface area contributed by atoms with Crippen LogP contribution in [0.25, 0.3) is 0 Å². The van der Waals surface area contributed by atoms with E-state index in [4.69, 9.17) is 9.47 Å². The maximum Gasteiger partial charge on any atom is 0.270 e. The monoisotopic (exact) mass is 516 g/mol. The van der Waals surface area contributed by atoms with E-state index in [9.17, 15) is 4.79 Å². The Labute approximate surface area is 226 Å². The lowest BCUT2D eigenvalue weighted by atomic mass is 10.1. The van der Waals surface area contributed by atoms with Crippen LogP contribution in [0.1, 0.15) is 39.8 Å². The summed E-state index contributed by atoms with van der Waals surface area (Å²) >= 11 is 0. The molecule has 2 saturated heterocycles. The van der Waals surface area contributed by atoms with E-state index in [1.165, 1.54) is 16.8 Å². The zero-order valence-electron chi connectivity index (χ0n) is 23.2. The number of carbonyl (C=O) groups is 1. The third kappa shape index (κ3) is 5.25. The molecule has 1 amide bonds. The summed E-state index contributed by atoms with van der Waals surface area (Å²) < 4.78 is 13.7. The lowest BCUT2D eigenvalue weighted by Gasteiger charge is -2.37. The highest BCUT2D eigenvalue weighted by molar-refractivity contribution is 5.97. The number of amides is 1. The Morgan fingerprint density at radius 1 is 0.895 bits per heavy atom. The Morgan fingerprint density at radius 2 is 1.63 bits per heavy atom. The van der Waals surface area contributed by atoms with Gasteiger partial charge in [-0.2, -0.15) is 0 Å². The van der Waals surface area contributed by atoms with Crippen molar-refractivity contribution in [1.29, 1.82) is 0 Å². The van der Waals surface area contributed by atoms with E-state index in [0.717, 1.165) is 67.8 Å². The topological polar surface area (TPSA) is 50.2 Å². The van der Waals surface area contributed by atoms with E-state index < -0.39 is 0 Å². The molecule has 2 fully saturated rings. The minimum Gasteiger partial charge on any atom is -0.492 e. The number of para-hydroxylation sites is 2. The molecule has 202 valence electrons. The number of carbonyl (C=O) groups excluding carboxylic acids is 1. The average Bonchev–Trinajstić information content (AvgIpc) is 3.18. The van der Waals surface area contributed by atoms with Crippen LogP contribution in [0.15, 0.2) is 48.5 Å². The summed E-state index contributed by atoms with van der Waals surface area (Å²) in [5, 5.41) is 0. The maximum atomic E-state index is 14.2. The fourth-order valence-corrected chi connectivity index (χ4v) is 5.90. The fraction of sp³-hybridized carbons (Fsp3) is 0.452. The van der Waals surface area contributed by atoms with Crippen LogP contribution < -0.4 is 14.5 Å². The zero-order valence-corrected chi connectivity index (χ0v) is 23.2. The molecule has 1 aromatic heterocycles. The smallest absolute Gasteiger partial charge is 0.270 e. The second kappa shape index (κ2) is 11.5. The van der Waals surface area contributed by atoms with Gasteiger partial charge in [-0.05, 0) is 45.4 Å². The number of piperazine rings is 1. The number of rotatable bonds is 7. The molecule has 7 nitrogen and oxygen atoms in total. The van der Waals surface area contributed by atoms with Gasteiger partial charge in [0.15, 0.2) is 0 Å². The lowest BCUT2D eigenvalue weighted by molar-refractivity contribution is 0.0735. The fourth-order valence-electron chi connectivity index (χ4n) is 5.90. The van der Waals surface area contributed by atoms with Crippen molar-refractivity contribution in [2.75, 3.05) is 68.9 Å². The van der Waals surface area contributed by atoms with E-state index in [1.807, 2.05) is 30.0 Å². The first-order valence-electron chi connectivity index (χ1n) is 13.8. The Bertz CT molecular complexity index is 1270. The van der Waals surface area contributed by atoms with Crippen molar-refractivity contribution in [3.05, 3.63) is 76.6 Å². The number of hydrogen-bond donors (Lipinski definition) is 0. The van der Waals surface area contributed by atoms with Gasteiger partial charge in [-0.25, -0.2) is 0 Å². The van der Waals surface area contributed by atoms with Crippen LogP contribution in [0.4, 0.5) is 11.4 Å². The number of aromatic nitrogens is 1. The number of morpholine rings is 1. The Morgan fingerprint density at radius 3 is 2.34 bits per heavy atom. The number of nitrogens with zero attached hydrogens (tertiary/aromatic N) is 4. The largest absolute Gasteiger partial charge is 0.492 e. The molecule has 0 N–H and O–H groups in total. The van der Waals surface area contributed by atoms with Crippen LogP contribution in [0.5, 0.6) is 5.75 Å². The van der Waals surface area contributed by atoms with Crippen LogP contribution in [-0.4, -0.2) is 74.5 Å². The van der Waals surface area contributed by atoms with Gasteiger partial charge in [0.2, 0.25) is 0 Å². The molecule has 2 aliphatic heterocycles. The molecule has 3 aromatic rings. The number of aryl methyl sites for hydroxylation is 1. The molecule has 3 heterocycles. The van der Waals surface area contributed by atoms with Crippen LogP contribution in [-0.2, 0) is 11.3 Å². The van der Waals surface area contributed by atoms with Gasteiger partial charge in [0.1, 0.15) is 11.4 Å². The standard InChI is InChI=1S/C31H40N4O3/c1-5-38-28-12-7-6-11-27(28)32-13-15-34(16-14-32)31(36)30-24(3)29(33-17-19-37-20-18-33)25(4)35(30)22-26-10-8-9-23(2)21-26/h6-12,21H,5,13-20,22H2,1-4H3. The van der Waals surface area contributed by atoms with Crippen molar-refractivity contribution in [1.82, 2.24) is 9.47 Å². The van der Waals surface area contributed by atoms with Gasteiger partial charge in [0, 0.05) is 57.1 Å². The third-order valence-corrected chi connectivity index (χ3v) is 7.75. The predicted molar refractivity (Wildman–Crippen MR) is 153 cm³/mol. The van der Waals surface area contributed by atoms with Gasteiger partial charge in [-0.15, -0.1) is 0 Å². The highest BCUT2D eigenvalue weighted by atomic mass is 16.5. The average molecular weight is 517 g/mol. The molecule has 0 atom stereocenters. The summed E-state index contributed by atoms with van der Waals surface area (Å²) in [5.41, 5.74) is 7.77. The first-order chi connectivity index (χ1) is 18.5. The number of hydrogen-bond acceptors (Lipinski definition) is 5. The molecule has 0 bridgehead atoms. The quantitative estimate of drug-likeness (QED) is 0.457. The normalized spacial score (nSPS) is 16.2. The van der Waals surface area contributed by atoms with Gasteiger partial charge >= 0.3 is 0 Å². The SMILES string of the molecule is CCOc1ccccc1N1CCN(C(=O)c2c(C)c(N3CCOCC3)c(C)n2Cc2cccc(C)c2)CC1. The third-order valence-electron chi connectivity index (χ3n) is 7.75. The van der Waals surface area contributed by atoms with Crippen LogP contribution >= 0.6 is 0 Å². The molecule has 5 rings (SSSR count). The molecule has 0 radical (unpaired) electrons. The number of ether oxygens (including phenoxy) is 2. The van der Waals surface area contributed by atoms with Crippen molar-refractivity contribution >= 4 is 17.3 Å². The van der Waals surface area contributed by atoms with Crippen LogP contribution in [0.3, 0.4) is 0 Å². The molecule has 0 unspecified atom stereocenters. The van der Waals surface area contributed by atoms with Crippen molar-refractivity contribution < 1.29 is 14.3 Å². The highest BCUT2D eigenvalue weighted by Gasteiger charge is 2.31. The molecule has 2 aliphatic rings. The summed E-state index contributed by atoms with van der Waals surface area (Å²) in [4.78, 5) is 20.9. The van der Waals surface area contributed by atoms with Crippen molar-refractivity contribution in [3.63, 3.8) is 0 Å². The van der Waals surface area contributed by atoms with E-state index >= 15 is 0 Å². The minimum atomic E-state index is 0.121. The van der Waals surface area contributed by atoms with Gasteiger partial charge in [0.25, 0.3) is 5.91 Å². The highest BCUT2D eigenvalue weighted by Crippen LogP contribution is 2.34. The van der Waals surface area contributed by atoms with Gasteiger partial charge < -0.3 is 28.7 Å². The second-order valence-corrected chi connectivity index (χ2v) is 10.3. The van der Waals surface area contributed by atoms with Gasteiger partial charge in [-0.1, -0.05) is 42.0 Å². The molecule has 0 aliphatic carbocycles. The molecule has 7 heteroatoms. The summed E-state index contributed by atoms with van der Waals surface area (Å²) in [6.45, 7) is 15.8. The van der Waals surface area contributed by atoms with Gasteiger partial charge in [0.05, 0.1) is 31.2 Å². The van der Waals surface area contributed by atoms with Crippen molar-refractivity contribution in [2.45, 2.75) is 34.2 Å². The maximum absolute atomic E-state index is 14.2. The van der Waals surface area contributed by atoms with Crippen LogP contribution in [0.2, 0.25) is 0 Å².